The van der Waals surface area contributed by atoms with Crippen molar-refractivity contribution in [3.05, 3.63) is 35.4 Å². The molecule has 1 aliphatic rings. The van der Waals surface area contributed by atoms with E-state index >= 15 is 0 Å². The van der Waals surface area contributed by atoms with Crippen molar-refractivity contribution in [1.82, 2.24) is 10.6 Å². The molecule has 188 valence electrons. The van der Waals surface area contributed by atoms with Gasteiger partial charge in [0.05, 0.1) is 5.56 Å². The number of alkyl halides is 1. The number of esters is 1. The monoisotopic (exact) mass is 530 g/mol. The highest BCUT2D eigenvalue weighted by Gasteiger charge is 2.41. The van der Waals surface area contributed by atoms with Gasteiger partial charge >= 0.3 is 11.9 Å². The van der Waals surface area contributed by atoms with E-state index in [0.29, 0.717) is 11.3 Å². The number of benzene rings is 1. The van der Waals surface area contributed by atoms with Crippen molar-refractivity contribution in [3.63, 3.8) is 0 Å². The van der Waals surface area contributed by atoms with Crippen molar-refractivity contribution < 1.29 is 33.4 Å². The molecule has 34 heavy (non-hydrogen) atoms. The van der Waals surface area contributed by atoms with Gasteiger partial charge in [-0.15, -0.1) is 11.6 Å². The van der Waals surface area contributed by atoms with Gasteiger partial charge < -0.3 is 20.3 Å². The Bertz CT molecular complexity index is 923. The standard InChI is InChI=1S/C22H31ClN2O7SSi/c1-22(2,3)34(4,5)32-31-21(29)17-13-33-12-14-8-6-7-9-15(14)20(28)30-11-16(19(27)25-17)24-18(26)10-23/h6-9,16-17H,10-13H2,1-5H3,(H,24,26)(H,25,27). The van der Waals surface area contributed by atoms with E-state index < -0.39 is 50.8 Å². The van der Waals surface area contributed by atoms with E-state index in [1.54, 1.807) is 24.3 Å². The van der Waals surface area contributed by atoms with E-state index in [4.69, 9.17) is 25.8 Å². The second-order valence-corrected chi connectivity index (χ2v) is 15.3. The number of ether oxygens (including phenoxy) is 1. The van der Waals surface area contributed by atoms with Crippen LogP contribution in [0.3, 0.4) is 0 Å². The molecule has 0 saturated heterocycles. The highest BCUT2D eigenvalue weighted by Crippen LogP contribution is 2.36. The Morgan fingerprint density at radius 1 is 1.26 bits per heavy atom. The molecule has 0 radical (unpaired) electrons. The molecule has 2 N–H and O–H groups in total. The number of nitrogens with one attached hydrogen (secondary N) is 2. The lowest BCUT2D eigenvalue weighted by atomic mass is 10.1. The third kappa shape index (κ3) is 7.72. The Kier molecular flexibility index (Phi) is 9.98. The largest absolute Gasteiger partial charge is 0.459 e. The molecular formula is C22H31ClN2O7SSi. The van der Waals surface area contributed by atoms with Gasteiger partial charge in [0.15, 0.2) is 0 Å². The first-order valence-electron chi connectivity index (χ1n) is 10.7. The van der Waals surface area contributed by atoms with Crippen LogP contribution >= 0.6 is 23.4 Å². The van der Waals surface area contributed by atoms with Gasteiger partial charge in [-0.3, -0.25) is 9.59 Å². The van der Waals surface area contributed by atoms with Gasteiger partial charge in [0.1, 0.15) is 24.6 Å². The smallest absolute Gasteiger partial charge is 0.363 e. The molecule has 1 heterocycles. The fourth-order valence-electron chi connectivity index (χ4n) is 2.55. The van der Waals surface area contributed by atoms with E-state index in [0.717, 1.165) is 5.56 Å². The lowest BCUT2D eigenvalue weighted by molar-refractivity contribution is -0.223. The van der Waals surface area contributed by atoms with Crippen molar-refractivity contribution in [2.24, 2.45) is 0 Å². The minimum Gasteiger partial charge on any atom is -0.459 e. The molecule has 0 bridgehead atoms. The molecule has 1 aromatic carbocycles. The lowest BCUT2D eigenvalue weighted by Gasteiger charge is -2.34. The van der Waals surface area contributed by atoms with Gasteiger partial charge in [-0.05, 0) is 29.8 Å². The summed E-state index contributed by atoms with van der Waals surface area (Å²) in [6.07, 6.45) is 0. The van der Waals surface area contributed by atoms with Crippen molar-refractivity contribution in [2.45, 2.75) is 56.7 Å². The van der Waals surface area contributed by atoms with Crippen LogP contribution in [0.25, 0.3) is 0 Å². The molecule has 12 heteroatoms. The van der Waals surface area contributed by atoms with E-state index in [1.807, 2.05) is 33.9 Å². The molecule has 1 aliphatic heterocycles. The van der Waals surface area contributed by atoms with E-state index in [2.05, 4.69) is 10.6 Å². The Balaban J connectivity index is 2.26. The third-order valence-corrected chi connectivity index (χ3v) is 11.1. The van der Waals surface area contributed by atoms with Crippen molar-refractivity contribution >= 4 is 55.4 Å². The maximum absolute atomic E-state index is 12.9. The number of hydrogen-bond acceptors (Lipinski definition) is 8. The number of cyclic esters (lactones) is 1. The summed E-state index contributed by atoms with van der Waals surface area (Å²) in [5.41, 5.74) is 1.06. The Labute approximate surface area is 209 Å². The number of thioether (sulfide) groups is 1. The Hall–Kier alpha value is -2.08. The summed E-state index contributed by atoms with van der Waals surface area (Å²) in [5, 5.41) is 4.79. The molecule has 0 aliphatic carbocycles. The van der Waals surface area contributed by atoms with E-state index in [9.17, 15) is 19.2 Å². The SMILES string of the molecule is CC(C)(C)[Si](C)(C)OOC(=O)C1CSCc2ccccc2C(=O)OCC(NC(=O)CCl)C(=O)N1. The maximum atomic E-state index is 12.9. The fraction of sp³-hybridized carbons (Fsp3) is 0.545. The van der Waals surface area contributed by atoms with Gasteiger partial charge in [0.2, 0.25) is 11.8 Å². The Morgan fingerprint density at radius 2 is 1.94 bits per heavy atom. The number of hydrogen-bond donors (Lipinski definition) is 2. The van der Waals surface area contributed by atoms with Gasteiger partial charge in [0.25, 0.3) is 8.32 Å². The van der Waals surface area contributed by atoms with Crippen molar-refractivity contribution in [3.8, 4) is 0 Å². The van der Waals surface area contributed by atoms with Crippen LogP contribution in [-0.4, -0.2) is 62.4 Å². The van der Waals surface area contributed by atoms with Crippen LogP contribution in [0, 0.1) is 0 Å². The van der Waals surface area contributed by atoms with Crippen molar-refractivity contribution in [1.29, 1.82) is 0 Å². The number of carbonyl (C=O) groups is 4. The normalized spacial score (nSPS) is 20.1. The van der Waals surface area contributed by atoms with Crippen LogP contribution in [0.1, 0.15) is 36.7 Å². The average molecular weight is 531 g/mol. The highest BCUT2D eigenvalue weighted by molar-refractivity contribution is 7.98. The maximum Gasteiger partial charge on any atom is 0.363 e. The predicted molar refractivity (Wildman–Crippen MR) is 132 cm³/mol. The topological polar surface area (TPSA) is 120 Å². The summed E-state index contributed by atoms with van der Waals surface area (Å²) in [6.45, 7) is 9.43. The molecule has 2 amide bonds. The molecule has 0 saturated carbocycles. The van der Waals surface area contributed by atoms with Crippen LogP contribution in [0.2, 0.25) is 18.1 Å². The molecule has 0 aromatic heterocycles. The molecule has 0 fully saturated rings. The lowest BCUT2D eigenvalue weighted by Crippen LogP contribution is -2.55. The molecule has 2 unspecified atom stereocenters. The zero-order valence-corrected chi connectivity index (χ0v) is 22.5. The van der Waals surface area contributed by atoms with E-state index in [-0.39, 0.29) is 16.7 Å². The number of amides is 2. The van der Waals surface area contributed by atoms with Crippen LogP contribution in [-0.2, 0) is 34.3 Å². The quantitative estimate of drug-likeness (QED) is 0.196. The Morgan fingerprint density at radius 3 is 2.59 bits per heavy atom. The van der Waals surface area contributed by atoms with Crippen LogP contribution in [0.5, 0.6) is 0 Å². The van der Waals surface area contributed by atoms with Gasteiger partial charge in [0, 0.05) is 11.5 Å². The number of rotatable bonds is 5. The van der Waals surface area contributed by atoms with Crippen LogP contribution in [0.15, 0.2) is 24.3 Å². The molecule has 2 rings (SSSR count). The molecule has 0 spiro atoms. The fourth-order valence-corrected chi connectivity index (χ4v) is 4.22. The first kappa shape index (κ1) is 28.2. The summed E-state index contributed by atoms with van der Waals surface area (Å²) < 4.78 is 10.9. The zero-order valence-electron chi connectivity index (χ0n) is 19.9. The molecule has 9 nitrogen and oxygen atoms in total. The summed E-state index contributed by atoms with van der Waals surface area (Å²) >= 11 is 6.89. The number of carbonyl (C=O) groups excluding carboxylic acids is 4. The van der Waals surface area contributed by atoms with Gasteiger partial charge in [-0.25, -0.2) is 14.2 Å². The van der Waals surface area contributed by atoms with Gasteiger partial charge in [-0.1, -0.05) is 39.0 Å². The second-order valence-electron chi connectivity index (χ2n) is 9.33. The summed E-state index contributed by atoms with van der Waals surface area (Å²) in [4.78, 5) is 55.3. The minimum absolute atomic E-state index is 0.158. The zero-order chi connectivity index (χ0) is 25.5. The number of halogens is 1. The minimum atomic E-state index is -2.39. The van der Waals surface area contributed by atoms with Crippen molar-refractivity contribution in [2.75, 3.05) is 18.2 Å². The molecular weight excluding hydrogens is 500 g/mol. The first-order chi connectivity index (χ1) is 15.9. The predicted octanol–water partition coefficient (Wildman–Crippen LogP) is 2.78. The highest BCUT2D eigenvalue weighted by atomic mass is 35.5. The second kappa shape index (κ2) is 12.1. The average Bonchev–Trinajstić information content (AvgIpc) is 2.77. The summed E-state index contributed by atoms with van der Waals surface area (Å²) in [5.74, 6) is -2.54. The summed E-state index contributed by atoms with van der Waals surface area (Å²) in [7, 11) is -2.39. The molecule has 2 atom stereocenters. The summed E-state index contributed by atoms with van der Waals surface area (Å²) in [6, 6.07) is 4.60. The number of fused-ring (bicyclic) bond motifs is 1. The van der Waals surface area contributed by atoms with E-state index in [1.165, 1.54) is 11.8 Å². The molecule has 1 aromatic rings. The van der Waals surface area contributed by atoms with Gasteiger partial charge in [-0.2, -0.15) is 11.8 Å². The third-order valence-electron chi connectivity index (χ3n) is 5.67. The van der Waals surface area contributed by atoms with Crippen LogP contribution in [0.4, 0.5) is 0 Å². The first-order valence-corrected chi connectivity index (χ1v) is 15.3. The van der Waals surface area contributed by atoms with Crippen LogP contribution < -0.4 is 10.6 Å².